The molecule has 3 heteroatoms. The van der Waals surface area contributed by atoms with Crippen molar-refractivity contribution < 1.29 is 4.79 Å². The summed E-state index contributed by atoms with van der Waals surface area (Å²) in [7, 11) is 0. The van der Waals surface area contributed by atoms with E-state index in [1.807, 2.05) is 0 Å². The molecule has 0 N–H and O–H groups in total. The van der Waals surface area contributed by atoms with Crippen LogP contribution in [0.4, 0.5) is 0 Å². The Balaban J connectivity index is 4.02. The predicted octanol–water partition coefficient (Wildman–Crippen LogP) is 7.65. The maximum Gasteiger partial charge on any atom is 0.222 e. The molecule has 2 nitrogen and oxygen atoms in total. The monoisotopic (exact) mass is 441 g/mol. The van der Waals surface area contributed by atoms with Gasteiger partial charge >= 0.3 is 0 Å². The van der Waals surface area contributed by atoms with E-state index >= 15 is 0 Å². The summed E-state index contributed by atoms with van der Waals surface area (Å²) in [5, 5.41) is 1.09. The fourth-order valence-corrected chi connectivity index (χ4v) is 3.77. The van der Waals surface area contributed by atoms with Gasteiger partial charge in [-0.15, -0.1) is 0 Å². The molecule has 0 saturated carbocycles. The van der Waals surface area contributed by atoms with Gasteiger partial charge in [-0.1, -0.05) is 86.6 Å². The Morgan fingerprint density at radius 1 is 0.593 bits per heavy atom. The maximum absolute atomic E-state index is 12.6. The lowest BCUT2D eigenvalue weighted by Crippen LogP contribution is -2.32. The van der Waals surface area contributed by atoms with Crippen molar-refractivity contribution in [2.24, 2.45) is 0 Å². The largest absolute Gasteiger partial charge is 0.343 e. The molecule has 0 aliphatic heterocycles. The van der Waals surface area contributed by atoms with Crippen molar-refractivity contribution in [1.29, 1.82) is 0 Å². The fraction of sp³-hybridized carbons (Fsp3) is 0.875. The number of alkyl halides is 1. The molecule has 0 atom stereocenters. The second kappa shape index (κ2) is 22.2. The van der Waals surface area contributed by atoms with E-state index in [4.69, 9.17) is 13.8 Å². The van der Waals surface area contributed by atoms with E-state index in [2.05, 4.69) is 20.8 Å². The number of amides is 1. The highest BCUT2D eigenvalue weighted by Gasteiger charge is 2.12. The first kappa shape index (κ1) is 27.0. The second-order valence-corrected chi connectivity index (χ2v) is 8.49. The minimum absolute atomic E-state index is 0.374. The maximum atomic E-state index is 12.6. The highest BCUT2D eigenvalue weighted by molar-refractivity contribution is 9.09. The molecule has 0 aliphatic carbocycles. The summed E-state index contributed by atoms with van der Waals surface area (Å²) in [6.45, 7) is 13.0. The van der Waals surface area contributed by atoms with E-state index < -0.39 is 0 Å². The Hall–Kier alpha value is -0.0500. The molecule has 4 radical (unpaired) electrons. The Morgan fingerprint density at radius 2 is 1.00 bits per heavy atom. The van der Waals surface area contributed by atoms with Crippen LogP contribution in [0.2, 0.25) is 0 Å². The van der Waals surface area contributed by atoms with E-state index in [1.165, 1.54) is 64.2 Å². The Morgan fingerprint density at radius 3 is 1.48 bits per heavy atom. The van der Waals surface area contributed by atoms with Gasteiger partial charge in [-0.25, -0.2) is 0 Å². The SMILES string of the molecule is [CH]CCCCCCCN(CCCCCCC[CH])C(=O)CCCCCCCBr. The number of halogens is 1. The zero-order chi connectivity index (χ0) is 20.0. The first-order valence-corrected chi connectivity index (χ1v) is 12.6. The van der Waals surface area contributed by atoms with Gasteiger partial charge in [0.2, 0.25) is 5.91 Å². The van der Waals surface area contributed by atoms with E-state index in [-0.39, 0.29) is 0 Å². The van der Waals surface area contributed by atoms with E-state index in [0.29, 0.717) is 5.91 Å². The fourth-order valence-electron chi connectivity index (χ4n) is 3.38. The Labute approximate surface area is 179 Å². The molecule has 0 aliphatic rings. The number of carbonyl (C=O) groups is 1. The zero-order valence-electron chi connectivity index (χ0n) is 17.7. The molecule has 27 heavy (non-hydrogen) atoms. The van der Waals surface area contributed by atoms with Gasteiger partial charge in [0.15, 0.2) is 0 Å². The molecule has 158 valence electrons. The summed E-state index contributed by atoms with van der Waals surface area (Å²) >= 11 is 3.48. The molecule has 0 aromatic heterocycles. The minimum atomic E-state index is 0.374. The second-order valence-electron chi connectivity index (χ2n) is 7.70. The Kier molecular flexibility index (Phi) is 22.2. The van der Waals surface area contributed by atoms with Crippen LogP contribution in [-0.4, -0.2) is 29.2 Å². The Bertz CT molecular complexity index is 293. The van der Waals surface area contributed by atoms with E-state index in [1.54, 1.807) is 0 Å². The number of carbonyl (C=O) groups excluding carboxylic acids is 1. The number of hydrogen-bond acceptors (Lipinski definition) is 1. The van der Waals surface area contributed by atoms with Crippen LogP contribution in [0, 0.1) is 13.8 Å². The van der Waals surface area contributed by atoms with Gasteiger partial charge < -0.3 is 4.90 Å². The van der Waals surface area contributed by atoms with Crippen LogP contribution < -0.4 is 0 Å². The van der Waals surface area contributed by atoms with Crippen LogP contribution in [0.25, 0.3) is 0 Å². The normalized spacial score (nSPS) is 11.1. The first-order chi connectivity index (χ1) is 13.3. The molecule has 0 unspecified atom stereocenters. The lowest BCUT2D eigenvalue weighted by molar-refractivity contribution is -0.131. The molecule has 0 saturated heterocycles. The lowest BCUT2D eigenvalue weighted by atomic mass is 10.1. The van der Waals surface area contributed by atoms with Crippen LogP contribution in [-0.2, 0) is 4.79 Å². The van der Waals surface area contributed by atoms with Gasteiger partial charge in [0.1, 0.15) is 0 Å². The van der Waals surface area contributed by atoms with Crippen LogP contribution in [0.1, 0.15) is 116 Å². The molecule has 0 spiro atoms. The number of hydrogen-bond donors (Lipinski definition) is 0. The molecule has 0 aromatic carbocycles. The molecule has 0 fully saturated rings. The minimum Gasteiger partial charge on any atom is -0.343 e. The van der Waals surface area contributed by atoms with Crippen molar-refractivity contribution in [2.75, 3.05) is 18.4 Å². The van der Waals surface area contributed by atoms with Gasteiger partial charge in [-0.2, -0.15) is 0 Å². The van der Waals surface area contributed by atoms with Gasteiger partial charge in [0.05, 0.1) is 0 Å². The van der Waals surface area contributed by atoms with Gasteiger partial charge in [0.25, 0.3) is 0 Å². The molecule has 0 heterocycles. The molecular weight excluding hydrogens is 398 g/mol. The smallest absolute Gasteiger partial charge is 0.222 e. The number of rotatable bonds is 21. The van der Waals surface area contributed by atoms with Crippen molar-refractivity contribution in [3.63, 3.8) is 0 Å². The summed E-state index contributed by atoms with van der Waals surface area (Å²) in [5.74, 6) is 0.374. The molecule has 0 aromatic rings. The molecule has 0 bridgehead atoms. The molecular formula is C24H44BrNO. The van der Waals surface area contributed by atoms with Crippen LogP contribution in [0.5, 0.6) is 0 Å². The lowest BCUT2D eigenvalue weighted by Gasteiger charge is -2.23. The van der Waals surface area contributed by atoms with E-state index in [9.17, 15) is 4.79 Å². The van der Waals surface area contributed by atoms with Crippen molar-refractivity contribution in [1.82, 2.24) is 4.90 Å². The van der Waals surface area contributed by atoms with Crippen molar-refractivity contribution in [3.05, 3.63) is 13.8 Å². The highest BCUT2D eigenvalue weighted by atomic mass is 79.9. The highest BCUT2D eigenvalue weighted by Crippen LogP contribution is 2.12. The summed E-state index contributed by atoms with van der Waals surface area (Å²) in [6, 6.07) is 0. The van der Waals surface area contributed by atoms with Crippen molar-refractivity contribution in [2.45, 2.75) is 116 Å². The van der Waals surface area contributed by atoms with Crippen LogP contribution in [0.3, 0.4) is 0 Å². The van der Waals surface area contributed by atoms with Crippen molar-refractivity contribution >= 4 is 21.8 Å². The van der Waals surface area contributed by atoms with Gasteiger partial charge in [-0.3, -0.25) is 4.79 Å². The average Bonchev–Trinajstić information content (AvgIpc) is 2.68. The number of nitrogens with zero attached hydrogens (tertiary/aromatic N) is 1. The van der Waals surface area contributed by atoms with Crippen molar-refractivity contribution in [3.8, 4) is 0 Å². The molecule has 0 rings (SSSR count). The van der Waals surface area contributed by atoms with E-state index in [0.717, 1.165) is 69.8 Å². The molecule has 1 amide bonds. The summed E-state index contributed by atoms with van der Waals surface area (Å²) in [5.41, 5.74) is 0. The predicted molar refractivity (Wildman–Crippen MR) is 122 cm³/mol. The summed E-state index contributed by atoms with van der Waals surface area (Å²) in [4.78, 5) is 14.8. The van der Waals surface area contributed by atoms with Crippen LogP contribution in [0.15, 0.2) is 0 Å². The first-order valence-electron chi connectivity index (χ1n) is 11.5. The topological polar surface area (TPSA) is 20.3 Å². The van der Waals surface area contributed by atoms with Gasteiger partial charge in [-0.05, 0) is 52.4 Å². The third kappa shape index (κ3) is 19.1. The van der Waals surface area contributed by atoms with Gasteiger partial charge in [0, 0.05) is 24.8 Å². The summed E-state index contributed by atoms with van der Waals surface area (Å²) in [6.07, 6.45) is 20.2. The summed E-state index contributed by atoms with van der Waals surface area (Å²) < 4.78 is 0. The zero-order valence-corrected chi connectivity index (χ0v) is 19.3. The third-order valence-corrected chi connectivity index (χ3v) is 5.70. The third-order valence-electron chi connectivity index (χ3n) is 5.14. The quantitative estimate of drug-likeness (QED) is 0.132. The number of unbranched alkanes of at least 4 members (excludes halogenated alkanes) is 14. The van der Waals surface area contributed by atoms with Crippen LogP contribution >= 0.6 is 15.9 Å². The average molecular weight is 443 g/mol. The standard InChI is InChI=1S/C24H44BrNO/c1-3-5-7-9-14-18-22-26(23-19-15-10-8-6-4-2)24(27)20-16-12-11-13-17-21-25/h1-2H,3-23H2.